The molecule has 1 heterocycles. The number of unbranched alkanes of at least 4 members (excludes halogenated alkanes) is 5. The van der Waals surface area contributed by atoms with Crippen molar-refractivity contribution in [3.05, 3.63) is 0 Å². The fraction of sp³-hybridized carbons (Fsp3) is 0.857. The first-order valence-electron chi connectivity index (χ1n) is 6.92. The van der Waals surface area contributed by atoms with Crippen molar-refractivity contribution in [3.63, 3.8) is 0 Å². The summed E-state index contributed by atoms with van der Waals surface area (Å²) in [5, 5.41) is 0. The van der Waals surface area contributed by atoms with Crippen LogP contribution < -0.4 is 0 Å². The molecule has 0 aromatic heterocycles. The predicted octanol–water partition coefficient (Wildman–Crippen LogP) is 3.19. The van der Waals surface area contributed by atoms with Crippen molar-refractivity contribution in [1.29, 1.82) is 0 Å². The Bertz CT molecular complexity index is 276. The SMILES string of the molecule is CCCCCCCCC1C(=O)OC(C)(C)OC1=O. The number of rotatable bonds is 7. The summed E-state index contributed by atoms with van der Waals surface area (Å²) >= 11 is 0. The minimum Gasteiger partial charge on any atom is -0.422 e. The van der Waals surface area contributed by atoms with E-state index in [1.54, 1.807) is 13.8 Å². The van der Waals surface area contributed by atoms with Gasteiger partial charge in [-0.05, 0) is 6.42 Å². The standard InChI is InChI=1S/C14H24O4/c1-4-5-6-7-8-9-10-11-12(15)17-14(2,3)18-13(11)16/h11H,4-10H2,1-3H3. The third kappa shape index (κ3) is 4.67. The Hall–Kier alpha value is -1.06. The average Bonchev–Trinajstić information content (AvgIpc) is 2.24. The lowest BCUT2D eigenvalue weighted by Crippen LogP contribution is -2.46. The monoisotopic (exact) mass is 256 g/mol. The molecule has 1 fully saturated rings. The van der Waals surface area contributed by atoms with Gasteiger partial charge in [0.25, 0.3) is 5.79 Å². The Kier molecular flexibility index (Phi) is 5.63. The molecule has 1 aliphatic heterocycles. The summed E-state index contributed by atoms with van der Waals surface area (Å²) in [7, 11) is 0. The molecule has 0 spiro atoms. The van der Waals surface area contributed by atoms with Gasteiger partial charge in [0.1, 0.15) is 0 Å². The van der Waals surface area contributed by atoms with E-state index in [1.807, 2.05) is 0 Å². The van der Waals surface area contributed by atoms with Crippen molar-refractivity contribution in [3.8, 4) is 0 Å². The number of hydrogen-bond acceptors (Lipinski definition) is 4. The average molecular weight is 256 g/mol. The fourth-order valence-corrected chi connectivity index (χ4v) is 2.11. The number of ether oxygens (including phenoxy) is 2. The van der Waals surface area contributed by atoms with Crippen LogP contribution in [-0.2, 0) is 19.1 Å². The molecule has 1 rings (SSSR count). The lowest BCUT2D eigenvalue weighted by Gasteiger charge is -2.32. The van der Waals surface area contributed by atoms with Gasteiger partial charge in [0.15, 0.2) is 5.92 Å². The molecular weight excluding hydrogens is 232 g/mol. The maximum absolute atomic E-state index is 11.7. The first-order chi connectivity index (χ1) is 8.46. The van der Waals surface area contributed by atoms with Gasteiger partial charge in [-0.3, -0.25) is 9.59 Å². The van der Waals surface area contributed by atoms with Gasteiger partial charge in [-0.15, -0.1) is 0 Å². The smallest absolute Gasteiger partial charge is 0.323 e. The van der Waals surface area contributed by atoms with E-state index in [2.05, 4.69) is 6.92 Å². The topological polar surface area (TPSA) is 52.6 Å². The van der Waals surface area contributed by atoms with Crippen LogP contribution in [0.1, 0.15) is 65.7 Å². The normalized spacial score (nSPS) is 19.5. The van der Waals surface area contributed by atoms with Gasteiger partial charge in [-0.25, -0.2) is 0 Å². The van der Waals surface area contributed by atoms with Crippen LogP contribution in [0.25, 0.3) is 0 Å². The van der Waals surface area contributed by atoms with Gasteiger partial charge in [-0.1, -0.05) is 45.4 Å². The van der Waals surface area contributed by atoms with Crippen LogP contribution in [0.3, 0.4) is 0 Å². The van der Waals surface area contributed by atoms with Crippen molar-refractivity contribution in [1.82, 2.24) is 0 Å². The maximum atomic E-state index is 11.7. The van der Waals surface area contributed by atoms with E-state index in [9.17, 15) is 9.59 Å². The zero-order valence-electron chi connectivity index (χ0n) is 11.7. The van der Waals surface area contributed by atoms with Crippen LogP contribution in [0.5, 0.6) is 0 Å². The molecule has 104 valence electrons. The van der Waals surface area contributed by atoms with Crippen molar-refractivity contribution >= 4 is 11.9 Å². The predicted molar refractivity (Wildman–Crippen MR) is 67.7 cm³/mol. The molecule has 0 bridgehead atoms. The molecule has 0 aliphatic carbocycles. The van der Waals surface area contributed by atoms with E-state index in [0.717, 1.165) is 19.3 Å². The minimum atomic E-state index is -1.11. The second-order valence-corrected chi connectivity index (χ2v) is 5.35. The van der Waals surface area contributed by atoms with Crippen molar-refractivity contribution in [2.75, 3.05) is 0 Å². The van der Waals surface area contributed by atoms with Gasteiger partial charge < -0.3 is 9.47 Å². The van der Waals surface area contributed by atoms with Gasteiger partial charge in [0.05, 0.1) is 0 Å². The molecule has 0 aromatic rings. The molecule has 1 aliphatic rings. The fourth-order valence-electron chi connectivity index (χ4n) is 2.11. The van der Waals surface area contributed by atoms with Crippen molar-refractivity contribution in [2.24, 2.45) is 5.92 Å². The molecular formula is C14H24O4. The Morgan fingerprint density at radius 1 is 0.944 bits per heavy atom. The van der Waals surface area contributed by atoms with E-state index in [4.69, 9.17) is 9.47 Å². The van der Waals surface area contributed by atoms with Crippen LogP contribution in [-0.4, -0.2) is 17.7 Å². The van der Waals surface area contributed by atoms with Gasteiger partial charge in [0.2, 0.25) is 0 Å². The van der Waals surface area contributed by atoms with E-state index in [0.29, 0.717) is 6.42 Å². The molecule has 4 heteroatoms. The Balaban J connectivity index is 2.26. The molecule has 0 N–H and O–H groups in total. The molecule has 0 amide bonds. The molecule has 0 radical (unpaired) electrons. The third-order valence-electron chi connectivity index (χ3n) is 3.11. The zero-order valence-corrected chi connectivity index (χ0v) is 11.7. The zero-order chi connectivity index (χ0) is 13.6. The highest BCUT2D eigenvalue weighted by atomic mass is 16.7. The third-order valence-corrected chi connectivity index (χ3v) is 3.11. The first-order valence-corrected chi connectivity index (χ1v) is 6.92. The molecule has 18 heavy (non-hydrogen) atoms. The number of cyclic esters (lactones) is 2. The summed E-state index contributed by atoms with van der Waals surface area (Å²) in [6.07, 6.45) is 7.33. The summed E-state index contributed by atoms with van der Waals surface area (Å²) in [6, 6.07) is 0. The summed E-state index contributed by atoms with van der Waals surface area (Å²) in [4.78, 5) is 23.3. The second-order valence-electron chi connectivity index (χ2n) is 5.35. The molecule has 0 atom stereocenters. The second kappa shape index (κ2) is 6.76. The van der Waals surface area contributed by atoms with Crippen LogP contribution in [0.15, 0.2) is 0 Å². The van der Waals surface area contributed by atoms with Crippen molar-refractivity contribution < 1.29 is 19.1 Å². The number of carbonyl (C=O) groups is 2. The van der Waals surface area contributed by atoms with Crippen LogP contribution in [0.2, 0.25) is 0 Å². The highest BCUT2D eigenvalue weighted by Gasteiger charge is 2.42. The largest absolute Gasteiger partial charge is 0.422 e. The highest BCUT2D eigenvalue weighted by molar-refractivity contribution is 5.96. The quantitative estimate of drug-likeness (QED) is 0.399. The van der Waals surface area contributed by atoms with Gasteiger partial charge >= 0.3 is 11.9 Å². The first kappa shape index (κ1) is 15.0. The molecule has 1 saturated heterocycles. The van der Waals surface area contributed by atoms with E-state index >= 15 is 0 Å². The Morgan fingerprint density at radius 3 is 2.00 bits per heavy atom. The highest BCUT2D eigenvalue weighted by Crippen LogP contribution is 2.26. The van der Waals surface area contributed by atoms with Crippen molar-refractivity contribution in [2.45, 2.75) is 71.5 Å². The summed E-state index contributed by atoms with van der Waals surface area (Å²) in [6.45, 7) is 5.32. The number of carbonyl (C=O) groups excluding carboxylic acids is 2. The summed E-state index contributed by atoms with van der Waals surface area (Å²) < 4.78 is 10.1. The summed E-state index contributed by atoms with van der Waals surface area (Å²) in [5.41, 5.74) is 0. The number of esters is 2. The summed E-state index contributed by atoms with van der Waals surface area (Å²) in [5.74, 6) is -2.70. The maximum Gasteiger partial charge on any atom is 0.323 e. The molecule has 0 aromatic carbocycles. The van der Waals surface area contributed by atoms with E-state index in [1.165, 1.54) is 19.3 Å². The van der Waals surface area contributed by atoms with Gasteiger partial charge in [0, 0.05) is 13.8 Å². The minimum absolute atomic E-state index is 0.440. The molecule has 0 saturated carbocycles. The Morgan fingerprint density at radius 2 is 1.44 bits per heavy atom. The van der Waals surface area contributed by atoms with Gasteiger partial charge in [-0.2, -0.15) is 0 Å². The van der Waals surface area contributed by atoms with Crippen LogP contribution in [0.4, 0.5) is 0 Å². The lowest BCUT2D eigenvalue weighted by molar-refractivity contribution is -0.240. The lowest BCUT2D eigenvalue weighted by atomic mass is 9.99. The molecule has 4 nitrogen and oxygen atoms in total. The molecule has 0 unspecified atom stereocenters. The number of hydrogen-bond donors (Lipinski definition) is 0. The van der Waals surface area contributed by atoms with E-state index < -0.39 is 23.6 Å². The van der Waals surface area contributed by atoms with Crippen LogP contribution in [0, 0.1) is 5.92 Å². The Labute approximate surface area is 109 Å². The van der Waals surface area contributed by atoms with E-state index in [-0.39, 0.29) is 0 Å². The van der Waals surface area contributed by atoms with Crippen LogP contribution >= 0.6 is 0 Å².